The van der Waals surface area contributed by atoms with Crippen LogP contribution in [0.1, 0.15) is 0 Å². The molecule has 6 nitrogen and oxygen atoms in total. The van der Waals surface area contributed by atoms with Crippen molar-refractivity contribution in [1.29, 1.82) is 0 Å². The fraction of sp³-hybridized carbons (Fsp3) is 0.667. The van der Waals surface area contributed by atoms with E-state index in [2.05, 4.69) is 0 Å². The summed E-state index contributed by atoms with van der Waals surface area (Å²) in [6, 6.07) is 0. The molecule has 0 saturated carbocycles. The van der Waals surface area contributed by atoms with Crippen molar-refractivity contribution in [3.63, 3.8) is 0 Å². The van der Waals surface area contributed by atoms with Gasteiger partial charge in [-0.2, -0.15) is 0 Å². The molecule has 0 aromatic rings. The first-order valence-corrected chi connectivity index (χ1v) is 1.79. The van der Waals surface area contributed by atoms with Gasteiger partial charge in [-0.3, -0.25) is 9.71 Å². The SMILES string of the molecule is CN(C)C=O.[Cl-].[N-]=[N+]=[N-].[NH4+].[Na+]. The molecule has 62 valence electrons. The Balaban J connectivity index is -0.0000000183. The van der Waals surface area contributed by atoms with Crippen molar-refractivity contribution in [2.24, 2.45) is 0 Å². The van der Waals surface area contributed by atoms with E-state index in [0.29, 0.717) is 0 Å². The molecular weight excluding hydrogens is 181 g/mol. The van der Waals surface area contributed by atoms with Crippen molar-refractivity contribution in [3.05, 3.63) is 16.0 Å². The molecule has 0 aliphatic rings. The number of carbonyl (C=O) groups excluding carboxylic acids is 1. The van der Waals surface area contributed by atoms with Crippen molar-refractivity contribution >= 4 is 6.41 Å². The molecule has 0 rings (SSSR count). The maximum atomic E-state index is 9.43. The van der Waals surface area contributed by atoms with Crippen LogP contribution < -0.4 is 48.1 Å². The number of amides is 1. The van der Waals surface area contributed by atoms with E-state index in [1.165, 1.54) is 9.81 Å². The van der Waals surface area contributed by atoms with Gasteiger partial charge in [-0.05, 0) is 0 Å². The molecule has 0 spiro atoms. The van der Waals surface area contributed by atoms with Gasteiger partial charge in [0.05, 0.1) is 0 Å². The van der Waals surface area contributed by atoms with Crippen LogP contribution in [0, 0.1) is 0 Å². The number of rotatable bonds is 1. The van der Waals surface area contributed by atoms with Gasteiger partial charge in [0.15, 0.2) is 0 Å². The molecule has 8 heteroatoms. The van der Waals surface area contributed by atoms with Crippen LogP contribution in [-0.2, 0) is 4.79 Å². The maximum absolute atomic E-state index is 9.43. The van der Waals surface area contributed by atoms with E-state index in [4.69, 9.17) is 11.1 Å². The van der Waals surface area contributed by atoms with Gasteiger partial charge < -0.3 is 34.5 Å². The van der Waals surface area contributed by atoms with E-state index >= 15 is 0 Å². The van der Waals surface area contributed by atoms with Crippen molar-refractivity contribution in [2.75, 3.05) is 14.1 Å². The number of halogens is 1. The summed E-state index contributed by atoms with van der Waals surface area (Å²) in [5, 5.41) is 0. The van der Waals surface area contributed by atoms with Gasteiger partial charge in [0.1, 0.15) is 0 Å². The topological polar surface area (TPSA) is 116 Å². The molecule has 0 aliphatic heterocycles. The van der Waals surface area contributed by atoms with Gasteiger partial charge in [0, 0.05) is 14.1 Å². The molecule has 0 aliphatic carbocycles. The molecule has 0 aromatic carbocycles. The summed E-state index contributed by atoms with van der Waals surface area (Å²) in [4.78, 5) is 12.4. The molecule has 0 fully saturated rings. The predicted octanol–water partition coefficient (Wildman–Crippen LogP) is -5.05. The molecule has 0 unspecified atom stereocenters. The Kier molecular flexibility index (Phi) is 89.7. The Morgan fingerprint density at radius 1 is 1.36 bits per heavy atom. The normalized spacial score (nSPS) is 3.82. The summed E-state index contributed by atoms with van der Waals surface area (Å²) < 4.78 is 0. The zero-order chi connectivity index (χ0) is 6.99. The molecule has 1 amide bonds. The summed E-state index contributed by atoms with van der Waals surface area (Å²) in [6.45, 7) is 0. The fourth-order valence-corrected chi connectivity index (χ4v) is 0. The van der Waals surface area contributed by atoms with Gasteiger partial charge in [-0.15, -0.1) is 0 Å². The zero-order valence-electron chi connectivity index (χ0n) is 7.15. The second-order valence-corrected chi connectivity index (χ2v) is 1.16. The number of hydrogen-bond acceptors (Lipinski definition) is 1. The van der Waals surface area contributed by atoms with Crippen LogP contribution in [0.5, 0.6) is 0 Å². The Labute approximate surface area is 94.0 Å². The van der Waals surface area contributed by atoms with Crippen molar-refractivity contribution in [3.8, 4) is 0 Å². The fourth-order valence-electron chi connectivity index (χ4n) is 0. The first kappa shape index (κ1) is 30.5. The van der Waals surface area contributed by atoms with E-state index in [0.717, 1.165) is 6.41 Å². The Bertz CT molecular complexity index is 93.7. The van der Waals surface area contributed by atoms with Gasteiger partial charge in [0.2, 0.25) is 6.41 Å². The largest absolute Gasteiger partial charge is 1.00 e. The molecule has 0 saturated heterocycles. The molecule has 0 bridgehead atoms. The van der Waals surface area contributed by atoms with Crippen LogP contribution in [0.2, 0.25) is 0 Å². The van der Waals surface area contributed by atoms with Gasteiger partial charge in [-0.25, -0.2) is 0 Å². The molecule has 0 aromatic heterocycles. The van der Waals surface area contributed by atoms with Crippen LogP contribution in [0.4, 0.5) is 0 Å². The molecule has 0 heterocycles. The number of quaternary nitrogens is 1. The first-order chi connectivity index (χ1) is 3.68. The van der Waals surface area contributed by atoms with Crippen LogP contribution in [0.25, 0.3) is 16.0 Å². The monoisotopic (exact) mass is 191 g/mol. The van der Waals surface area contributed by atoms with Crippen molar-refractivity contribution < 1.29 is 46.8 Å². The first-order valence-electron chi connectivity index (χ1n) is 1.79. The Morgan fingerprint density at radius 3 is 1.45 bits per heavy atom. The van der Waals surface area contributed by atoms with E-state index in [1.54, 1.807) is 14.1 Å². The van der Waals surface area contributed by atoms with E-state index < -0.39 is 0 Å². The maximum Gasteiger partial charge on any atom is 1.00 e. The molecule has 0 radical (unpaired) electrons. The van der Waals surface area contributed by atoms with Gasteiger partial charge in [0.25, 0.3) is 0 Å². The third-order valence-electron chi connectivity index (χ3n) is 0.211. The summed E-state index contributed by atoms with van der Waals surface area (Å²) in [5.41, 5.74) is 13.5. The second kappa shape index (κ2) is 32.3. The molecular formula is C3H11ClN5NaO. The number of nitrogens with zero attached hydrogens (tertiary/aromatic N) is 4. The third kappa shape index (κ3) is 157. The summed E-state index contributed by atoms with van der Waals surface area (Å²) >= 11 is 0. The standard InChI is InChI=1S/C3H7NO.ClH.N3.H3N.Na/c1-4(2)3-5;;1-3-2;;/h3H,1-2H3;1H;;1H3;/q;;-1;;+1. The Morgan fingerprint density at radius 2 is 1.45 bits per heavy atom. The van der Waals surface area contributed by atoms with Gasteiger partial charge in [-0.1, -0.05) is 0 Å². The van der Waals surface area contributed by atoms with Crippen LogP contribution in [-0.4, -0.2) is 25.4 Å². The molecule has 11 heavy (non-hydrogen) atoms. The van der Waals surface area contributed by atoms with E-state index in [-0.39, 0.29) is 48.1 Å². The van der Waals surface area contributed by atoms with Crippen LogP contribution in [0.15, 0.2) is 0 Å². The molecule has 0 atom stereocenters. The average Bonchev–Trinajstić information content (AvgIpc) is 1.69. The smallest absolute Gasteiger partial charge is 1.00 e. The summed E-state index contributed by atoms with van der Waals surface area (Å²) in [6.07, 6.45) is 0.750. The minimum absolute atomic E-state index is 0. The number of carbonyl (C=O) groups is 1. The van der Waals surface area contributed by atoms with E-state index in [1.807, 2.05) is 0 Å². The van der Waals surface area contributed by atoms with Crippen molar-refractivity contribution in [2.45, 2.75) is 0 Å². The zero-order valence-corrected chi connectivity index (χ0v) is 9.91. The second-order valence-electron chi connectivity index (χ2n) is 1.16. The summed E-state index contributed by atoms with van der Waals surface area (Å²) in [7, 11) is 3.38. The predicted molar refractivity (Wildman–Crippen MR) is 35.8 cm³/mol. The van der Waals surface area contributed by atoms with E-state index in [9.17, 15) is 4.79 Å². The summed E-state index contributed by atoms with van der Waals surface area (Å²) in [5.74, 6) is 0. The Hall–Kier alpha value is 0.0300. The quantitative estimate of drug-likeness (QED) is 0.144. The number of hydrogen-bond donors (Lipinski definition) is 1. The third-order valence-corrected chi connectivity index (χ3v) is 0.211. The van der Waals surface area contributed by atoms with Crippen LogP contribution >= 0.6 is 0 Å². The average molecular weight is 192 g/mol. The minimum atomic E-state index is 0. The molecule has 4 N–H and O–H groups in total. The van der Waals surface area contributed by atoms with Crippen LogP contribution in [0.3, 0.4) is 0 Å². The minimum Gasteiger partial charge on any atom is -1.00 e. The van der Waals surface area contributed by atoms with Gasteiger partial charge >= 0.3 is 29.6 Å². The van der Waals surface area contributed by atoms with Crippen molar-refractivity contribution in [1.82, 2.24) is 11.1 Å².